The van der Waals surface area contributed by atoms with Gasteiger partial charge in [0.15, 0.2) is 5.54 Å². The van der Waals surface area contributed by atoms with Gasteiger partial charge in [0.25, 0.3) is 18.3 Å². The maximum atomic E-state index is 15.1. The Bertz CT molecular complexity index is 1250. The number of carbonyl (C=O) groups is 2. The van der Waals surface area contributed by atoms with E-state index >= 15 is 13.2 Å². The highest BCUT2D eigenvalue weighted by molar-refractivity contribution is 14.1. The third-order valence-corrected chi connectivity index (χ3v) is 6.17. The van der Waals surface area contributed by atoms with Crippen LogP contribution in [0.5, 0.6) is 0 Å². The lowest BCUT2D eigenvalue weighted by Crippen LogP contribution is -2.45. The summed E-state index contributed by atoms with van der Waals surface area (Å²) in [4.78, 5) is 28.4. The van der Waals surface area contributed by atoms with Crippen LogP contribution < -0.4 is 11.5 Å². The second-order valence-corrected chi connectivity index (χ2v) is 8.56. The molecule has 2 heterocycles. The first-order valence-electron chi connectivity index (χ1n) is 10.1. The molecule has 0 radical (unpaired) electrons. The number of carbonyl (C=O) groups excluding carboxylic acids is 1. The summed E-state index contributed by atoms with van der Waals surface area (Å²) in [7, 11) is 1.49. The maximum Gasteiger partial charge on any atom is 0.299 e. The van der Waals surface area contributed by atoms with Crippen LogP contribution in [0.25, 0.3) is 11.1 Å². The number of amides is 1. The number of nitrogens with two attached hydrogens (primary N) is 2. The zero-order valence-electron chi connectivity index (χ0n) is 19.1. The van der Waals surface area contributed by atoms with Gasteiger partial charge in [0.05, 0.1) is 0 Å². The number of primary amides is 1. The smallest absolute Gasteiger partial charge is 0.299 e. The lowest BCUT2D eigenvalue weighted by molar-refractivity contribution is -0.122. The summed E-state index contributed by atoms with van der Waals surface area (Å²) in [6.45, 7) is -0.286. The molecule has 192 valence electrons. The minimum absolute atomic E-state index is 0.0968. The molecular formula is C23H22F3IN4O5. The van der Waals surface area contributed by atoms with Crippen molar-refractivity contribution >= 4 is 40.8 Å². The number of halogens is 4. The highest BCUT2D eigenvalue weighted by atomic mass is 127. The number of methoxy groups -OCH3 is 1. The second kappa shape index (κ2) is 12.2. The zero-order chi connectivity index (χ0) is 27.1. The Morgan fingerprint density at radius 2 is 2.06 bits per heavy atom. The summed E-state index contributed by atoms with van der Waals surface area (Å²) >= 11 is 1.75. The van der Waals surface area contributed by atoms with E-state index in [1.165, 1.54) is 25.4 Å². The van der Waals surface area contributed by atoms with Gasteiger partial charge in [-0.15, -0.1) is 0 Å². The maximum absolute atomic E-state index is 15.1. The summed E-state index contributed by atoms with van der Waals surface area (Å²) in [5.41, 5.74) is 9.25. The highest BCUT2D eigenvalue weighted by Crippen LogP contribution is 2.47. The Hall–Kier alpha value is -3.22. The van der Waals surface area contributed by atoms with Gasteiger partial charge in [-0.2, -0.15) is 0 Å². The number of hydrogen-bond donors (Lipinski definition) is 3. The molecule has 0 bridgehead atoms. The SMILES string of the molecule is COCC#Cc1cnc(C(N)=O)c(-c2ccc(F)c(C3(C)N=C(N)COCC3(F)F)c2I)c1.O=CO. The molecular weight excluding hydrogens is 596 g/mol. The number of rotatable bonds is 4. The van der Waals surface area contributed by atoms with Gasteiger partial charge >= 0.3 is 0 Å². The Labute approximate surface area is 218 Å². The monoisotopic (exact) mass is 618 g/mol. The average Bonchev–Trinajstić information content (AvgIpc) is 2.89. The summed E-state index contributed by atoms with van der Waals surface area (Å²) in [6, 6.07) is 3.92. The minimum Gasteiger partial charge on any atom is -0.483 e. The first-order valence-corrected chi connectivity index (χ1v) is 11.2. The number of nitrogens with zero attached hydrogens (tertiary/aromatic N) is 2. The highest BCUT2D eigenvalue weighted by Gasteiger charge is 2.55. The van der Waals surface area contributed by atoms with Crippen LogP contribution in [0, 0.1) is 21.2 Å². The number of hydrogen-bond acceptors (Lipinski definition) is 7. The van der Waals surface area contributed by atoms with E-state index < -0.39 is 29.8 Å². The molecule has 3 rings (SSSR count). The van der Waals surface area contributed by atoms with Crippen LogP contribution in [0.3, 0.4) is 0 Å². The number of alkyl halides is 2. The Kier molecular flexibility index (Phi) is 9.79. The van der Waals surface area contributed by atoms with E-state index in [4.69, 9.17) is 30.8 Å². The van der Waals surface area contributed by atoms with E-state index in [-0.39, 0.29) is 51.5 Å². The second-order valence-electron chi connectivity index (χ2n) is 7.48. The van der Waals surface area contributed by atoms with E-state index in [0.29, 0.717) is 5.56 Å². The topological polar surface area (TPSA) is 150 Å². The molecule has 0 spiro atoms. The fourth-order valence-electron chi connectivity index (χ4n) is 3.42. The average molecular weight is 618 g/mol. The van der Waals surface area contributed by atoms with E-state index in [1.54, 1.807) is 22.6 Å². The fourth-order valence-corrected chi connectivity index (χ4v) is 4.67. The number of amidine groups is 1. The van der Waals surface area contributed by atoms with Crippen molar-refractivity contribution in [3.63, 3.8) is 0 Å². The summed E-state index contributed by atoms with van der Waals surface area (Å²) < 4.78 is 55.3. The molecule has 1 aromatic heterocycles. The van der Waals surface area contributed by atoms with Crippen molar-refractivity contribution in [1.29, 1.82) is 0 Å². The summed E-state index contributed by atoms with van der Waals surface area (Å²) in [6.07, 6.45) is 1.35. The van der Waals surface area contributed by atoms with Crippen LogP contribution in [-0.4, -0.2) is 61.2 Å². The lowest BCUT2D eigenvalue weighted by atomic mass is 9.84. The van der Waals surface area contributed by atoms with Crippen molar-refractivity contribution in [3.8, 4) is 23.0 Å². The van der Waals surface area contributed by atoms with Gasteiger partial charge in [-0.05, 0) is 47.2 Å². The third-order valence-electron chi connectivity index (χ3n) is 5.05. The van der Waals surface area contributed by atoms with E-state index in [0.717, 1.165) is 13.0 Å². The minimum atomic E-state index is -3.58. The molecule has 1 atom stereocenters. The molecule has 1 aliphatic heterocycles. The Morgan fingerprint density at radius 3 is 2.67 bits per heavy atom. The van der Waals surface area contributed by atoms with Gasteiger partial charge in [-0.1, -0.05) is 17.9 Å². The van der Waals surface area contributed by atoms with Gasteiger partial charge in [0, 0.05) is 33.6 Å². The van der Waals surface area contributed by atoms with E-state index in [1.807, 2.05) is 0 Å². The molecule has 0 saturated carbocycles. The summed E-state index contributed by atoms with van der Waals surface area (Å²) in [5.74, 6) is 0.0644. The number of aliphatic imine (C=N–C) groups is 1. The number of benzene rings is 1. The van der Waals surface area contributed by atoms with Crippen LogP contribution in [-0.2, 0) is 19.8 Å². The third kappa shape index (κ3) is 6.12. The van der Waals surface area contributed by atoms with Crippen LogP contribution in [0.15, 0.2) is 29.4 Å². The Balaban J connectivity index is 0.00000145. The van der Waals surface area contributed by atoms with Crippen LogP contribution in [0.4, 0.5) is 13.2 Å². The standard InChI is InChI=1S/C22H20F3IN4O3.CH2O2/c1-21(22(24,25)11-33-10-16(27)30-21)17-15(23)6-5-13(18(17)26)14-8-12(4-3-7-32-2)9-29-19(14)20(28)31;2-1-3/h5-6,8-9H,7,10-11H2,1-2H3,(H2,27,30)(H2,28,31);1H,(H,2,3). The first-order chi connectivity index (χ1) is 16.9. The van der Waals surface area contributed by atoms with Crippen LogP contribution in [0.1, 0.15) is 28.5 Å². The van der Waals surface area contributed by atoms with Gasteiger partial charge in [0.2, 0.25) is 0 Å². The quantitative estimate of drug-likeness (QED) is 0.271. The van der Waals surface area contributed by atoms with E-state index in [2.05, 4.69) is 21.8 Å². The van der Waals surface area contributed by atoms with Gasteiger partial charge in [-0.25, -0.2) is 18.2 Å². The summed E-state index contributed by atoms with van der Waals surface area (Å²) in [5, 5.41) is 6.89. The molecule has 13 heteroatoms. The van der Waals surface area contributed by atoms with Gasteiger partial charge in [0.1, 0.15) is 37.2 Å². The number of aromatic nitrogens is 1. The molecule has 1 amide bonds. The van der Waals surface area contributed by atoms with Crippen molar-refractivity contribution in [2.75, 3.05) is 26.9 Å². The molecule has 0 saturated heterocycles. The molecule has 1 aliphatic rings. The molecule has 1 unspecified atom stereocenters. The van der Waals surface area contributed by atoms with Crippen molar-refractivity contribution in [2.24, 2.45) is 16.5 Å². The number of pyridine rings is 1. The predicted octanol–water partition coefficient (Wildman–Crippen LogP) is 2.53. The molecule has 9 nitrogen and oxygen atoms in total. The largest absolute Gasteiger partial charge is 0.483 e. The lowest BCUT2D eigenvalue weighted by Gasteiger charge is -2.34. The normalized spacial score (nSPS) is 18.4. The van der Waals surface area contributed by atoms with Crippen molar-refractivity contribution in [3.05, 3.63) is 50.6 Å². The Morgan fingerprint density at radius 1 is 1.39 bits per heavy atom. The zero-order valence-corrected chi connectivity index (χ0v) is 21.3. The molecule has 2 aromatic rings. The van der Waals surface area contributed by atoms with Crippen molar-refractivity contribution in [2.45, 2.75) is 18.4 Å². The molecule has 36 heavy (non-hydrogen) atoms. The molecule has 5 N–H and O–H groups in total. The van der Waals surface area contributed by atoms with Crippen molar-refractivity contribution in [1.82, 2.24) is 4.98 Å². The van der Waals surface area contributed by atoms with Crippen LogP contribution >= 0.6 is 22.6 Å². The molecule has 1 aromatic carbocycles. The predicted molar refractivity (Wildman–Crippen MR) is 133 cm³/mol. The van der Waals surface area contributed by atoms with Crippen LogP contribution in [0.2, 0.25) is 0 Å². The fraction of sp³-hybridized carbons (Fsp3) is 0.304. The number of carboxylic acid groups (broad SMARTS) is 1. The first kappa shape index (κ1) is 29.0. The molecule has 0 aliphatic carbocycles. The van der Waals surface area contributed by atoms with Crippen molar-refractivity contribution < 1.29 is 37.3 Å². The van der Waals surface area contributed by atoms with E-state index in [9.17, 15) is 4.79 Å². The van der Waals surface area contributed by atoms with Gasteiger partial charge in [-0.3, -0.25) is 14.6 Å². The molecule has 0 fully saturated rings. The van der Waals surface area contributed by atoms with Gasteiger partial charge < -0.3 is 26.0 Å². The number of ether oxygens (including phenoxy) is 2.